The van der Waals surface area contributed by atoms with Gasteiger partial charge in [-0.25, -0.2) is 0 Å². The lowest BCUT2D eigenvalue weighted by Gasteiger charge is -2.32. The first-order chi connectivity index (χ1) is 8.93. The summed E-state index contributed by atoms with van der Waals surface area (Å²) in [5, 5.41) is 21.9. The number of nitrogens with one attached hydrogen (secondary N) is 1. The minimum atomic E-state index is 0.0187. The van der Waals surface area contributed by atoms with E-state index in [2.05, 4.69) is 32.2 Å². The van der Waals surface area contributed by atoms with E-state index in [1.807, 2.05) is 24.5 Å². The molecule has 0 heterocycles. The molecule has 1 aromatic carbocycles. The second-order valence-electron chi connectivity index (χ2n) is 5.57. The maximum atomic E-state index is 9.32. The third kappa shape index (κ3) is 4.15. The van der Waals surface area contributed by atoms with Gasteiger partial charge < -0.3 is 10.4 Å². The lowest BCUT2D eigenvalue weighted by atomic mass is 9.84. The van der Waals surface area contributed by atoms with Crippen molar-refractivity contribution in [3.05, 3.63) is 23.8 Å². The fourth-order valence-corrected chi connectivity index (χ4v) is 2.55. The minimum absolute atomic E-state index is 0.0187. The number of nitrogens with zero attached hydrogens (tertiary/aromatic N) is 1. The standard InChI is InChI=1S/C15H22N2OS/c1-15(2,3)14(8-9-18)17-12-6-5-7-13(19-4)11(12)10-16/h5-7,14,17-18H,8-9H2,1-4H3. The topological polar surface area (TPSA) is 56.0 Å². The summed E-state index contributed by atoms with van der Waals surface area (Å²) in [6, 6.07) is 8.22. The number of rotatable bonds is 5. The van der Waals surface area contributed by atoms with Crippen molar-refractivity contribution in [2.45, 2.75) is 38.1 Å². The summed E-state index contributed by atoms with van der Waals surface area (Å²) in [5.41, 5.74) is 1.55. The maximum absolute atomic E-state index is 9.32. The summed E-state index contributed by atoms with van der Waals surface area (Å²) < 4.78 is 0. The van der Waals surface area contributed by atoms with Crippen LogP contribution in [0.4, 0.5) is 5.69 Å². The molecule has 1 unspecified atom stereocenters. The lowest BCUT2D eigenvalue weighted by Crippen LogP contribution is -2.35. The smallest absolute Gasteiger partial charge is 0.102 e. The predicted molar refractivity (Wildman–Crippen MR) is 81.5 cm³/mol. The van der Waals surface area contributed by atoms with Gasteiger partial charge in [0.05, 0.1) is 11.3 Å². The molecule has 0 radical (unpaired) electrons. The Morgan fingerprint density at radius 3 is 2.58 bits per heavy atom. The van der Waals surface area contributed by atoms with Crippen LogP contribution in [0.25, 0.3) is 0 Å². The zero-order valence-corrected chi connectivity index (χ0v) is 12.8. The van der Waals surface area contributed by atoms with E-state index < -0.39 is 0 Å². The maximum Gasteiger partial charge on any atom is 0.102 e. The fourth-order valence-electron chi connectivity index (χ4n) is 1.98. The normalized spacial score (nSPS) is 12.8. The Kier molecular flexibility index (Phi) is 5.71. The van der Waals surface area contributed by atoms with E-state index in [-0.39, 0.29) is 18.1 Å². The van der Waals surface area contributed by atoms with Gasteiger partial charge in [0.2, 0.25) is 0 Å². The zero-order chi connectivity index (χ0) is 14.5. The van der Waals surface area contributed by atoms with Crippen LogP contribution in [0, 0.1) is 16.7 Å². The summed E-state index contributed by atoms with van der Waals surface area (Å²) in [6.45, 7) is 6.53. The monoisotopic (exact) mass is 278 g/mol. The van der Waals surface area contributed by atoms with Crippen LogP contribution in [-0.2, 0) is 0 Å². The van der Waals surface area contributed by atoms with Crippen molar-refractivity contribution in [1.82, 2.24) is 0 Å². The lowest BCUT2D eigenvalue weighted by molar-refractivity contribution is 0.235. The van der Waals surface area contributed by atoms with E-state index in [1.165, 1.54) is 0 Å². The van der Waals surface area contributed by atoms with Crippen LogP contribution in [0.1, 0.15) is 32.8 Å². The highest BCUT2D eigenvalue weighted by molar-refractivity contribution is 7.98. The predicted octanol–water partition coefficient (Wildman–Crippen LogP) is 3.49. The molecular formula is C15H22N2OS. The number of hydrogen-bond acceptors (Lipinski definition) is 4. The van der Waals surface area contributed by atoms with Gasteiger partial charge in [-0.05, 0) is 30.2 Å². The highest BCUT2D eigenvalue weighted by atomic mass is 32.2. The van der Waals surface area contributed by atoms with Crippen molar-refractivity contribution in [2.75, 3.05) is 18.2 Å². The molecule has 0 bridgehead atoms. The van der Waals surface area contributed by atoms with Gasteiger partial charge in [-0.2, -0.15) is 5.26 Å². The number of hydrogen-bond donors (Lipinski definition) is 2. The van der Waals surface area contributed by atoms with Gasteiger partial charge in [-0.1, -0.05) is 26.8 Å². The number of benzene rings is 1. The summed E-state index contributed by atoms with van der Waals surface area (Å²) in [7, 11) is 0. The van der Waals surface area contributed by atoms with Crippen LogP contribution in [0.2, 0.25) is 0 Å². The molecular weight excluding hydrogens is 256 g/mol. The molecule has 1 atom stereocenters. The summed E-state index contributed by atoms with van der Waals surface area (Å²) >= 11 is 1.57. The van der Waals surface area contributed by atoms with Gasteiger partial charge in [0.15, 0.2) is 0 Å². The number of aliphatic hydroxyl groups excluding tert-OH is 1. The van der Waals surface area contributed by atoms with Crippen LogP contribution in [0.5, 0.6) is 0 Å². The van der Waals surface area contributed by atoms with E-state index in [1.54, 1.807) is 11.8 Å². The second-order valence-corrected chi connectivity index (χ2v) is 6.42. The molecule has 0 aliphatic rings. The van der Waals surface area contributed by atoms with E-state index in [0.29, 0.717) is 12.0 Å². The molecule has 3 nitrogen and oxygen atoms in total. The van der Waals surface area contributed by atoms with Crippen molar-refractivity contribution in [3.63, 3.8) is 0 Å². The Morgan fingerprint density at radius 2 is 2.11 bits per heavy atom. The number of anilines is 1. The Bertz CT molecular complexity index is 460. The van der Waals surface area contributed by atoms with Crippen LogP contribution in [0.15, 0.2) is 23.1 Å². The van der Waals surface area contributed by atoms with Crippen LogP contribution < -0.4 is 5.32 Å². The third-order valence-electron chi connectivity index (χ3n) is 3.15. The number of nitriles is 1. The number of thioether (sulfide) groups is 1. The zero-order valence-electron chi connectivity index (χ0n) is 12.0. The SMILES string of the molecule is CSc1cccc(NC(CCO)C(C)(C)C)c1C#N. The molecule has 0 aliphatic heterocycles. The Labute approximate surface area is 120 Å². The minimum Gasteiger partial charge on any atom is -0.396 e. The van der Waals surface area contributed by atoms with Gasteiger partial charge in [0.1, 0.15) is 6.07 Å². The third-order valence-corrected chi connectivity index (χ3v) is 3.93. The molecule has 0 saturated heterocycles. The molecule has 0 fully saturated rings. The van der Waals surface area contributed by atoms with Crippen LogP contribution >= 0.6 is 11.8 Å². The van der Waals surface area contributed by atoms with Gasteiger partial charge in [-0.15, -0.1) is 11.8 Å². The fraction of sp³-hybridized carbons (Fsp3) is 0.533. The summed E-state index contributed by atoms with van der Waals surface area (Å²) in [5.74, 6) is 0. The molecule has 4 heteroatoms. The first kappa shape index (κ1) is 15.9. The molecule has 104 valence electrons. The van der Waals surface area contributed by atoms with Crippen molar-refractivity contribution >= 4 is 17.4 Å². The first-order valence-electron chi connectivity index (χ1n) is 6.38. The average Bonchev–Trinajstić information content (AvgIpc) is 2.36. The number of aliphatic hydroxyl groups is 1. The van der Waals surface area contributed by atoms with E-state index >= 15 is 0 Å². The molecule has 2 N–H and O–H groups in total. The summed E-state index contributed by atoms with van der Waals surface area (Å²) in [6.07, 6.45) is 2.63. The van der Waals surface area contributed by atoms with Gasteiger partial charge in [-0.3, -0.25) is 0 Å². The highest BCUT2D eigenvalue weighted by Gasteiger charge is 2.25. The average molecular weight is 278 g/mol. The van der Waals surface area contributed by atoms with Gasteiger partial charge >= 0.3 is 0 Å². The Balaban J connectivity index is 3.07. The quantitative estimate of drug-likeness (QED) is 0.810. The molecule has 0 aliphatic carbocycles. The Morgan fingerprint density at radius 1 is 1.42 bits per heavy atom. The van der Waals surface area contributed by atoms with Gasteiger partial charge in [0, 0.05) is 17.5 Å². The van der Waals surface area contributed by atoms with Crippen molar-refractivity contribution in [2.24, 2.45) is 5.41 Å². The van der Waals surface area contributed by atoms with E-state index in [9.17, 15) is 10.4 Å². The molecule has 0 spiro atoms. The first-order valence-corrected chi connectivity index (χ1v) is 7.61. The molecule has 0 amide bonds. The largest absolute Gasteiger partial charge is 0.396 e. The molecule has 1 aromatic rings. The highest BCUT2D eigenvalue weighted by Crippen LogP contribution is 2.30. The van der Waals surface area contributed by atoms with E-state index in [4.69, 9.17) is 0 Å². The molecule has 0 saturated carbocycles. The van der Waals surface area contributed by atoms with Crippen molar-refractivity contribution in [1.29, 1.82) is 5.26 Å². The van der Waals surface area contributed by atoms with Crippen molar-refractivity contribution in [3.8, 4) is 6.07 Å². The van der Waals surface area contributed by atoms with Crippen LogP contribution in [-0.4, -0.2) is 24.0 Å². The Hall–Kier alpha value is -1.18. The second kappa shape index (κ2) is 6.83. The van der Waals surface area contributed by atoms with Gasteiger partial charge in [0.25, 0.3) is 0 Å². The summed E-state index contributed by atoms with van der Waals surface area (Å²) in [4.78, 5) is 0.976. The molecule has 1 rings (SSSR count). The molecule has 0 aromatic heterocycles. The van der Waals surface area contributed by atoms with E-state index in [0.717, 1.165) is 10.6 Å². The van der Waals surface area contributed by atoms with Crippen molar-refractivity contribution < 1.29 is 5.11 Å². The molecule has 19 heavy (non-hydrogen) atoms. The van der Waals surface area contributed by atoms with Crippen LogP contribution in [0.3, 0.4) is 0 Å².